The number of ether oxygens (including phenoxy) is 2. The molecule has 0 saturated carbocycles. The molecule has 0 aliphatic carbocycles. The highest BCUT2D eigenvalue weighted by Crippen LogP contribution is 2.19. The predicted octanol–water partition coefficient (Wildman–Crippen LogP) is 4.24. The maximum atomic E-state index is 12.6. The molecular formula is C21H25NO3S. The minimum absolute atomic E-state index is 0.00428. The molecule has 0 N–H and O–H groups in total. The summed E-state index contributed by atoms with van der Waals surface area (Å²) in [6.07, 6.45) is 4.41. The second kappa shape index (κ2) is 9.10. The Morgan fingerprint density at radius 2 is 1.92 bits per heavy atom. The molecule has 1 aliphatic heterocycles. The van der Waals surface area contributed by atoms with Crippen LogP contribution in [0, 0.1) is 0 Å². The molecule has 1 amide bonds. The van der Waals surface area contributed by atoms with Crippen molar-refractivity contribution in [3.63, 3.8) is 0 Å². The molecule has 1 aliphatic rings. The molecule has 4 nitrogen and oxygen atoms in total. The van der Waals surface area contributed by atoms with Gasteiger partial charge in [0.25, 0.3) is 5.91 Å². The number of carbonyl (C=O) groups is 1. The summed E-state index contributed by atoms with van der Waals surface area (Å²) in [6.45, 7) is 1.98. The molecule has 5 heteroatoms. The molecule has 26 heavy (non-hydrogen) atoms. The number of hydrogen-bond acceptors (Lipinski definition) is 4. The zero-order chi connectivity index (χ0) is 18.4. The van der Waals surface area contributed by atoms with Gasteiger partial charge in [-0.25, -0.2) is 0 Å². The third kappa shape index (κ3) is 5.02. The van der Waals surface area contributed by atoms with Gasteiger partial charge in [0.05, 0.1) is 6.10 Å². The lowest BCUT2D eigenvalue weighted by molar-refractivity contribution is 0.0679. The first-order chi connectivity index (χ1) is 12.7. The van der Waals surface area contributed by atoms with E-state index in [1.54, 1.807) is 16.7 Å². The number of benzene rings is 2. The van der Waals surface area contributed by atoms with Crippen LogP contribution in [-0.2, 0) is 11.3 Å². The van der Waals surface area contributed by atoms with Gasteiger partial charge in [0.2, 0.25) is 0 Å². The van der Waals surface area contributed by atoms with Crippen LogP contribution in [0.4, 0.5) is 0 Å². The lowest BCUT2D eigenvalue weighted by Crippen LogP contribution is -2.26. The van der Waals surface area contributed by atoms with Crippen molar-refractivity contribution in [3.05, 3.63) is 59.7 Å². The van der Waals surface area contributed by atoms with Crippen molar-refractivity contribution >= 4 is 17.7 Å². The Labute approximate surface area is 159 Å². The molecule has 1 saturated heterocycles. The molecule has 138 valence electrons. The lowest BCUT2D eigenvalue weighted by Gasteiger charge is -2.18. The van der Waals surface area contributed by atoms with E-state index in [9.17, 15) is 4.79 Å². The minimum atomic E-state index is 0.00428. The average Bonchev–Trinajstić information content (AvgIpc) is 3.20. The van der Waals surface area contributed by atoms with Gasteiger partial charge in [-0.15, -0.1) is 11.8 Å². The van der Waals surface area contributed by atoms with Crippen LogP contribution in [0.2, 0.25) is 0 Å². The summed E-state index contributed by atoms with van der Waals surface area (Å²) in [5, 5.41) is 0. The minimum Gasteiger partial charge on any atom is -0.491 e. The Bertz CT molecular complexity index is 709. The van der Waals surface area contributed by atoms with E-state index in [0.717, 1.165) is 30.8 Å². The molecule has 1 fully saturated rings. The molecule has 0 spiro atoms. The molecule has 3 rings (SSSR count). The molecule has 2 aromatic carbocycles. The van der Waals surface area contributed by atoms with Gasteiger partial charge in [-0.2, -0.15) is 0 Å². The van der Waals surface area contributed by atoms with Gasteiger partial charge in [-0.1, -0.05) is 12.1 Å². The molecule has 2 aromatic rings. The number of thioether (sulfide) groups is 1. The Kier molecular flexibility index (Phi) is 6.58. The summed E-state index contributed by atoms with van der Waals surface area (Å²) in [5.41, 5.74) is 1.79. The van der Waals surface area contributed by atoms with Crippen LogP contribution in [0.15, 0.2) is 53.4 Å². The maximum Gasteiger partial charge on any atom is 0.253 e. The molecule has 0 aromatic heterocycles. The number of nitrogens with zero attached hydrogens (tertiary/aromatic N) is 1. The van der Waals surface area contributed by atoms with Crippen LogP contribution in [-0.4, -0.2) is 43.4 Å². The van der Waals surface area contributed by atoms with Crippen molar-refractivity contribution < 1.29 is 14.3 Å². The van der Waals surface area contributed by atoms with Gasteiger partial charge in [-0.05, 0) is 61.1 Å². The summed E-state index contributed by atoms with van der Waals surface area (Å²) in [6, 6.07) is 15.6. The van der Waals surface area contributed by atoms with Crippen LogP contribution in [0.25, 0.3) is 0 Å². The van der Waals surface area contributed by atoms with E-state index in [0.29, 0.717) is 18.7 Å². The van der Waals surface area contributed by atoms with Crippen LogP contribution in [0.3, 0.4) is 0 Å². The van der Waals surface area contributed by atoms with Gasteiger partial charge >= 0.3 is 0 Å². The smallest absolute Gasteiger partial charge is 0.253 e. The van der Waals surface area contributed by atoms with Gasteiger partial charge in [0, 0.05) is 30.7 Å². The monoisotopic (exact) mass is 371 g/mol. The Morgan fingerprint density at radius 3 is 2.54 bits per heavy atom. The molecule has 1 unspecified atom stereocenters. The van der Waals surface area contributed by atoms with Crippen molar-refractivity contribution in [1.29, 1.82) is 0 Å². The number of hydrogen-bond donors (Lipinski definition) is 0. The second-order valence-corrected chi connectivity index (χ2v) is 7.36. The van der Waals surface area contributed by atoms with E-state index in [4.69, 9.17) is 9.47 Å². The predicted molar refractivity (Wildman–Crippen MR) is 105 cm³/mol. The Hall–Kier alpha value is -1.98. The van der Waals surface area contributed by atoms with E-state index >= 15 is 0 Å². The fourth-order valence-electron chi connectivity index (χ4n) is 2.96. The van der Waals surface area contributed by atoms with Crippen LogP contribution in [0.1, 0.15) is 28.8 Å². The van der Waals surface area contributed by atoms with Gasteiger partial charge in [0.1, 0.15) is 12.4 Å². The topological polar surface area (TPSA) is 38.8 Å². The largest absolute Gasteiger partial charge is 0.491 e. The lowest BCUT2D eigenvalue weighted by atomic mass is 10.1. The van der Waals surface area contributed by atoms with Crippen molar-refractivity contribution in [1.82, 2.24) is 4.90 Å². The molecule has 1 atom stereocenters. The third-order valence-electron chi connectivity index (χ3n) is 4.49. The van der Waals surface area contributed by atoms with Crippen molar-refractivity contribution in [2.24, 2.45) is 0 Å². The summed E-state index contributed by atoms with van der Waals surface area (Å²) in [4.78, 5) is 15.6. The van der Waals surface area contributed by atoms with Crippen molar-refractivity contribution in [3.8, 4) is 5.75 Å². The summed E-state index contributed by atoms with van der Waals surface area (Å²) in [5.74, 6) is 0.775. The molecule has 0 radical (unpaired) electrons. The van der Waals surface area contributed by atoms with Crippen LogP contribution < -0.4 is 4.74 Å². The van der Waals surface area contributed by atoms with E-state index in [1.807, 2.05) is 31.3 Å². The first-order valence-electron chi connectivity index (χ1n) is 8.88. The zero-order valence-corrected chi connectivity index (χ0v) is 16.1. The SMILES string of the molecule is CSc1ccc(CN(C)C(=O)c2ccc(OCC3CCCO3)cc2)cc1. The van der Waals surface area contributed by atoms with E-state index in [2.05, 4.69) is 30.5 Å². The van der Waals surface area contributed by atoms with Crippen LogP contribution >= 0.6 is 11.8 Å². The number of amides is 1. The quantitative estimate of drug-likeness (QED) is 0.683. The average molecular weight is 372 g/mol. The summed E-state index contributed by atoms with van der Waals surface area (Å²) < 4.78 is 11.3. The van der Waals surface area contributed by atoms with Gasteiger partial charge in [-0.3, -0.25) is 4.79 Å². The Morgan fingerprint density at radius 1 is 1.19 bits per heavy atom. The highest BCUT2D eigenvalue weighted by Gasteiger charge is 2.16. The molecule has 0 bridgehead atoms. The standard InChI is InChI=1S/C21H25NO3S/c1-22(14-16-5-11-20(26-2)12-6-16)21(23)17-7-9-18(10-8-17)25-15-19-4-3-13-24-19/h5-12,19H,3-4,13-15H2,1-2H3. The zero-order valence-electron chi connectivity index (χ0n) is 15.3. The summed E-state index contributed by atoms with van der Waals surface area (Å²) >= 11 is 1.71. The fraction of sp³-hybridized carbons (Fsp3) is 0.381. The summed E-state index contributed by atoms with van der Waals surface area (Å²) in [7, 11) is 1.83. The molecular weight excluding hydrogens is 346 g/mol. The molecule has 1 heterocycles. The van der Waals surface area contributed by atoms with Gasteiger partial charge < -0.3 is 14.4 Å². The highest BCUT2D eigenvalue weighted by molar-refractivity contribution is 7.98. The fourth-order valence-corrected chi connectivity index (χ4v) is 3.36. The van der Waals surface area contributed by atoms with E-state index in [-0.39, 0.29) is 12.0 Å². The first-order valence-corrected chi connectivity index (χ1v) is 10.1. The number of rotatable bonds is 7. The van der Waals surface area contributed by atoms with E-state index in [1.165, 1.54) is 4.90 Å². The number of carbonyl (C=O) groups excluding carboxylic acids is 1. The first kappa shape index (κ1) is 18.8. The van der Waals surface area contributed by atoms with Crippen molar-refractivity contribution in [2.45, 2.75) is 30.4 Å². The maximum absolute atomic E-state index is 12.6. The second-order valence-electron chi connectivity index (χ2n) is 6.48. The van der Waals surface area contributed by atoms with Gasteiger partial charge in [0.15, 0.2) is 0 Å². The van der Waals surface area contributed by atoms with E-state index < -0.39 is 0 Å². The van der Waals surface area contributed by atoms with Crippen molar-refractivity contribution in [2.75, 3.05) is 26.5 Å². The third-order valence-corrected chi connectivity index (χ3v) is 5.23. The normalized spacial score (nSPS) is 16.5. The highest BCUT2D eigenvalue weighted by atomic mass is 32.2. The Balaban J connectivity index is 1.54. The van der Waals surface area contributed by atoms with Crippen LogP contribution in [0.5, 0.6) is 5.75 Å².